The van der Waals surface area contributed by atoms with Gasteiger partial charge in [0.2, 0.25) is 0 Å². The van der Waals surface area contributed by atoms with Gasteiger partial charge in [0, 0.05) is 0 Å². The van der Waals surface area contributed by atoms with Gasteiger partial charge in [0.05, 0.1) is 12.2 Å². The minimum atomic E-state index is -0.904. The summed E-state index contributed by atoms with van der Waals surface area (Å²) < 4.78 is 5.66. The predicted molar refractivity (Wildman–Crippen MR) is 95.3 cm³/mol. The first-order valence-electron chi connectivity index (χ1n) is 9.03. The molecule has 0 heterocycles. The fourth-order valence-corrected chi connectivity index (χ4v) is 3.12. The number of benzene rings is 1. The van der Waals surface area contributed by atoms with Crippen LogP contribution in [0.5, 0.6) is 5.75 Å². The molecule has 0 amide bonds. The zero-order valence-corrected chi connectivity index (χ0v) is 14.9. The van der Waals surface area contributed by atoms with Gasteiger partial charge in [-0.05, 0) is 42.5 Å². The topological polar surface area (TPSA) is 46.5 Å². The van der Waals surface area contributed by atoms with E-state index in [0.29, 0.717) is 17.6 Å². The van der Waals surface area contributed by atoms with Gasteiger partial charge in [0.15, 0.2) is 0 Å². The van der Waals surface area contributed by atoms with Crippen molar-refractivity contribution in [2.24, 2.45) is 5.41 Å². The smallest absolute Gasteiger partial charge is 0.335 e. The molecule has 0 saturated heterocycles. The maximum Gasteiger partial charge on any atom is 0.335 e. The number of rotatable bonds is 12. The van der Waals surface area contributed by atoms with E-state index in [4.69, 9.17) is 9.84 Å². The lowest BCUT2D eigenvalue weighted by Gasteiger charge is -2.30. The molecule has 130 valence electrons. The standard InChI is InChI=1S/C20H32O3/c1-4-20(5-2,6-3)15-9-7-8-10-16-23-18-13-11-17(12-14-18)19(21)22/h11-14H,4-10,15-16H2,1-3H3,(H,21,22). The first-order chi connectivity index (χ1) is 11.1. The van der Waals surface area contributed by atoms with E-state index in [1.54, 1.807) is 24.3 Å². The molecule has 1 aromatic carbocycles. The molecular weight excluding hydrogens is 288 g/mol. The van der Waals surface area contributed by atoms with Gasteiger partial charge >= 0.3 is 5.97 Å². The molecule has 0 radical (unpaired) electrons. The molecule has 0 atom stereocenters. The number of hydrogen-bond acceptors (Lipinski definition) is 2. The molecule has 3 nitrogen and oxygen atoms in total. The molecule has 0 saturated carbocycles. The third kappa shape index (κ3) is 6.64. The predicted octanol–water partition coefficient (Wildman–Crippen LogP) is 5.93. The molecule has 0 aliphatic carbocycles. The fraction of sp³-hybridized carbons (Fsp3) is 0.650. The van der Waals surface area contributed by atoms with Gasteiger partial charge in [-0.3, -0.25) is 0 Å². The second kappa shape index (κ2) is 10.3. The second-order valence-electron chi connectivity index (χ2n) is 6.40. The molecule has 0 aromatic heterocycles. The van der Waals surface area contributed by atoms with Crippen molar-refractivity contribution in [3.05, 3.63) is 29.8 Å². The largest absolute Gasteiger partial charge is 0.494 e. The number of aromatic carboxylic acids is 1. The zero-order chi connectivity index (χ0) is 17.1. The Morgan fingerprint density at radius 2 is 1.52 bits per heavy atom. The van der Waals surface area contributed by atoms with Crippen LogP contribution in [-0.4, -0.2) is 17.7 Å². The first kappa shape index (κ1) is 19.5. The summed E-state index contributed by atoms with van der Waals surface area (Å²) in [6.45, 7) is 7.65. The number of carbonyl (C=O) groups is 1. The molecule has 0 unspecified atom stereocenters. The molecule has 1 N–H and O–H groups in total. The van der Waals surface area contributed by atoms with Crippen molar-refractivity contribution in [2.45, 2.75) is 72.1 Å². The molecular formula is C20H32O3. The van der Waals surface area contributed by atoms with Crippen LogP contribution in [0, 0.1) is 5.41 Å². The van der Waals surface area contributed by atoms with Crippen LogP contribution in [0.1, 0.15) is 82.5 Å². The molecule has 0 aliphatic heterocycles. The zero-order valence-electron chi connectivity index (χ0n) is 14.9. The number of ether oxygens (including phenoxy) is 1. The summed E-state index contributed by atoms with van der Waals surface area (Å²) in [5.41, 5.74) is 0.853. The first-order valence-corrected chi connectivity index (χ1v) is 9.03. The number of carboxylic acid groups (broad SMARTS) is 1. The molecule has 3 heteroatoms. The monoisotopic (exact) mass is 320 g/mol. The summed E-state index contributed by atoms with van der Waals surface area (Å²) in [6, 6.07) is 6.61. The number of hydrogen-bond donors (Lipinski definition) is 1. The molecule has 0 aliphatic rings. The summed E-state index contributed by atoms with van der Waals surface area (Å²) in [5, 5.41) is 8.84. The van der Waals surface area contributed by atoms with Crippen molar-refractivity contribution in [1.29, 1.82) is 0 Å². The third-order valence-electron chi connectivity index (χ3n) is 5.22. The minimum absolute atomic E-state index is 0.295. The van der Waals surface area contributed by atoms with Crippen molar-refractivity contribution >= 4 is 5.97 Å². The van der Waals surface area contributed by atoms with E-state index in [-0.39, 0.29) is 0 Å². The molecule has 0 fully saturated rings. The van der Waals surface area contributed by atoms with Crippen LogP contribution in [0.25, 0.3) is 0 Å². The molecule has 1 rings (SSSR count). The van der Waals surface area contributed by atoms with Crippen LogP contribution in [0.15, 0.2) is 24.3 Å². The van der Waals surface area contributed by atoms with Crippen LogP contribution < -0.4 is 4.74 Å². The van der Waals surface area contributed by atoms with Gasteiger partial charge in [-0.2, -0.15) is 0 Å². The van der Waals surface area contributed by atoms with E-state index in [1.165, 1.54) is 44.9 Å². The van der Waals surface area contributed by atoms with Gasteiger partial charge in [-0.15, -0.1) is 0 Å². The van der Waals surface area contributed by atoms with Crippen LogP contribution in [0.3, 0.4) is 0 Å². The quantitative estimate of drug-likeness (QED) is 0.485. The van der Waals surface area contributed by atoms with Crippen molar-refractivity contribution in [3.8, 4) is 5.75 Å². The highest BCUT2D eigenvalue weighted by Crippen LogP contribution is 2.36. The Morgan fingerprint density at radius 3 is 2.04 bits per heavy atom. The van der Waals surface area contributed by atoms with Crippen molar-refractivity contribution in [3.63, 3.8) is 0 Å². The highest BCUT2D eigenvalue weighted by molar-refractivity contribution is 5.87. The summed E-state index contributed by atoms with van der Waals surface area (Å²) in [6.07, 6.45) is 10.0. The van der Waals surface area contributed by atoms with Crippen LogP contribution in [0.2, 0.25) is 0 Å². The summed E-state index contributed by atoms with van der Waals surface area (Å²) in [4.78, 5) is 10.8. The molecule has 0 bridgehead atoms. The lowest BCUT2D eigenvalue weighted by Crippen LogP contribution is -2.17. The average molecular weight is 320 g/mol. The maximum atomic E-state index is 10.8. The lowest BCUT2D eigenvalue weighted by atomic mass is 9.75. The fourth-order valence-electron chi connectivity index (χ4n) is 3.12. The Hall–Kier alpha value is -1.51. The summed E-state index contributed by atoms with van der Waals surface area (Å²) in [7, 11) is 0. The van der Waals surface area contributed by atoms with E-state index in [2.05, 4.69) is 20.8 Å². The third-order valence-corrected chi connectivity index (χ3v) is 5.22. The Kier molecular flexibility index (Phi) is 8.75. The van der Waals surface area contributed by atoms with E-state index >= 15 is 0 Å². The van der Waals surface area contributed by atoms with E-state index in [0.717, 1.165) is 12.2 Å². The summed E-state index contributed by atoms with van der Waals surface area (Å²) >= 11 is 0. The Morgan fingerprint density at radius 1 is 0.957 bits per heavy atom. The van der Waals surface area contributed by atoms with Crippen LogP contribution in [0.4, 0.5) is 0 Å². The van der Waals surface area contributed by atoms with Crippen LogP contribution >= 0.6 is 0 Å². The normalized spacial score (nSPS) is 11.4. The number of carboxylic acids is 1. The maximum absolute atomic E-state index is 10.8. The molecule has 23 heavy (non-hydrogen) atoms. The Labute approximate surface area is 141 Å². The van der Waals surface area contributed by atoms with Crippen LogP contribution in [-0.2, 0) is 0 Å². The Bertz CT molecular complexity index is 438. The molecule has 1 aromatic rings. The highest BCUT2D eigenvalue weighted by Gasteiger charge is 2.22. The highest BCUT2D eigenvalue weighted by atomic mass is 16.5. The minimum Gasteiger partial charge on any atom is -0.494 e. The molecule has 0 spiro atoms. The van der Waals surface area contributed by atoms with Gasteiger partial charge in [0.25, 0.3) is 0 Å². The van der Waals surface area contributed by atoms with Gasteiger partial charge in [-0.1, -0.05) is 59.3 Å². The van der Waals surface area contributed by atoms with E-state index in [1.807, 2.05) is 0 Å². The SMILES string of the molecule is CCC(CC)(CC)CCCCCCOc1ccc(C(=O)O)cc1. The van der Waals surface area contributed by atoms with Gasteiger partial charge in [-0.25, -0.2) is 4.79 Å². The number of unbranched alkanes of at least 4 members (excludes halogenated alkanes) is 3. The average Bonchev–Trinajstić information content (AvgIpc) is 2.58. The Balaban J connectivity index is 2.15. The summed E-state index contributed by atoms with van der Waals surface area (Å²) in [5.74, 6) is -0.157. The lowest BCUT2D eigenvalue weighted by molar-refractivity contribution is 0.0697. The van der Waals surface area contributed by atoms with Gasteiger partial charge < -0.3 is 9.84 Å². The van der Waals surface area contributed by atoms with E-state index in [9.17, 15) is 4.79 Å². The van der Waals surface area contributed by atoms with Gasteiger partial charge in [0.1, 0.15) is 5.75 Å². The van der Waals surface area contributed by atoms with E-state index < -0.39 is 5.97 Å². The van der Waals surface area contributed by atoms with Crippen molar-refractivity contribution in [1.82, 2.24) is 0 Å². The second-order valence-corrected chi connectivity index (χ2v) is 6.40. The van der Waals surface area contributed by atoms with Crippen molar-refractivity contribution in [2.75, 3.05) is 6.61 Å². The van der Waals surface area contributed by atoms with Crippen molar-refractivity contribution < 1.29 is 14.6 Å².